The zero-order chi connectivity index (χ0) is 57.8. The Morgan fingerprint density at radius 2 is 0.450 bits per heavy atom. The fourth-order valence-electron chi connectivity index (χ4n) is 10.7. The average Bonchev–Trinajstić information content (AvgIpc) is 3.46. The summed E-state index contributed by atoms with van der Waals surface area (Å²) in [6, 6.07) is 0. The van der Waals surface area contributed by atoms with Gasteiger partial charge in [-0.05, 0) is 83.5 Å². The van der Waals surface area contributed by atoms with Crippen molar-refractivity contribution in [2.24, 2.45) is 0 Å². The van der Waals surface area contributed by atoms with E-state index in [1.54, 1.807) is 0 Å². The number of unbranched alkanes of at least 4 members (excludes halogenated alkanes) is 47. The second-order valence-corrected chi connectivity index (χ2v) is 24.1. The highest BCUT2D eigenvalue weighted by molar-refractivity contribution is 5.71. The Balaban J connectivity index is 3.96. The molecule has 1 atom stereocenters. The molecule has 1 unspecified atom stereocenters. The van der Waals surface area contributed by atoms with E-state index in [0.717, 1.165) is 77.0 Å². The number of carbonyl (C=O) groups is 3. The van der Waals surface area contributed by atoms with Crippen molar-refractivity contribution in [2.45, 2.75) is 393 Å². The maximum Gasteiger partial charge on any atom is 0.306 e. The van der Waals surface area contributed by atoms with E-state index in [9.17, 15) is 14.4 Å². The van der Waals surface area contributed by atoms with Crippen LogP contribution in [-0.2, 0) is 28.6 Å². The maximum atomic E-state index is 12.9. The summed E-state index contributed by atoms with van der Waals surface area (Å²) < 4.78 is 16.8. The van der Waals surface area contributed by atoms with Gasteiger partial charge in [0, 0.05) is 19.3 Å². The fraction of sp³-hybridized carbons (Fsp3) is 0.851. The molecule has 0 aromatic rings. The van der Waals surface area contributed by atoms with Crippen molar-refractivity contribution in [1.29, 1.82) is 0 Å². The van der Waals surface area contributed by atoms with Gasteiger partial charge in [0.2, 0.25) is 0 Å². The van der Waals surface area contributed by atoms with Gasteiger partial charge in [0.25, 0.3) is 0 Å². The van der Waals surface area contributed by atoms with Crippen LogP contribution in [0.2, 0.25) is 0 Å². The van der Waals surface area contributed by atoms with Crippen LogP contribution in [0.4, 0.5) is 0 Å². The molecule has 468 valence electrons. The van der Waals surface area contributed by atoms with E-state index in [-0.39, 0.29) is 31.1 Å². The van der Waals surface area contributed by atoms with Crippen LogP contribution in [0.25, 0.3) is 0 Å². The van der Waals surface area contributed by atoms with E-state index >= 15 is 0 Å². The third-order valence-corrected chi connectivity index (χ3v) is 16.1. The number of hydrogen-bond acceptors (Lipinski definition) is 6. The number of hydrogen-bond donors (Lipinski definition) is 0. The van der Waals surface area contributed by atoms with Gasteiger partial charge in [-0.25, -0.2) is 0 Å². The molecule has 0 aliphatic carbocycles. The van der Waals surface area contributed by atoms with Crippen LogP contribution in [0.3, 0.4) is 0 Å². The summed E-state index contributed by atoms with van der Waals surface area (Å²) in [6.45, 7) is 6.62. The molecular weight excluding hydrogens is 985 g/mol. The molecule has 0 N–H and O–H groups in total. The van der Waals surface area contributed by atoms with Crippen LogP contribution in [0, 0.1) is 0 Å². The minimum absolute atomic E-state index is 0.0722. The smallest absolute Gasteiger partial charge is 0.306 e. The first-order valence-electron chi connectivity index (χ1n) is 35.6. The van der Waals surface area contributed by atoms with Crippen molar-refractivity contribution in [3.05, 3.63) is 48.6 Å². The fourth-order valence-corrected chi connectivity index (χ4v) is 10.7. The third-order valence-electron chi connectivity index (χ3n) is 16.1. The van der Waals surface area contributed by atoms with Gasteiger partial charge in [-0.1, -0.05) is 333 Å². The van der Waals surface area contributed by atoms with Crippen LogP contribution in [0.1, 0.15) is 387 Å². The van der Waals surface area contributed by atoms with Gasteiger partial charge in [-0.3, -0.25) is 14.4 Å². The molecule has 0 saturated carbocycles. The van der Waals surface area contributed by atoms with Crippen LogP contribution in [0.15, 0.2) is 48.6 Å². The summed E-state index contributed by atoms with van der Waals surface area (Å²) in [4.78, 5) is 38.1. The second-order valence-electron chi connectivity index (χ2n) is 24.1. The summed E-state index contributed by atoms with van der Waals surface area (Å²) in [5.41, 5.74) is 0. The highest BCUT2D eigenvalue weighted by Gasteiger charge is 2.19. The summed E-state index contributed by atoms with van der Waals surface area (Å²) in [5, 5.41) is 0. The number of ether oxygens (including phenoxy) is 3. The normalized spacial score (nSPS) is 12.3. The van der Waals surface area contributed by atoms with Gasteiger partial charge in [-0.15, -0.1) is 0 Å². The van der Waals surface area contributed by atoms with Crippen LogP contribution < -0.4 is 0 Å². The molecule has 0 aromatic heterocycles. The molecule has 6 nitrogen and oxygen atoms in total. The highest BCUT2D eigenvalue weighted by Crippen LogP contribution is 2.18. The summed E-state index contributed by atoms with van der Waals surface area (Å²) >= 11 is 0. The quantitative estimate of drug-likeness (QED) is 0.0261. The maximum absolute atomic E-state index is 12.9. The number of carbonyl (C=O) groups excluding carboxylic acids is 3. The van der Waals surface area contributed by atoms with Crippen molar-refractivity contribution >= 4 is 17.9 Å². The number of rotatable bonds is 66. The second kappa shape index (κ2) is 68.9. The van der Waals surface area contributed by atoms with E-state index in [0.29, 0.717) is 19.3 Å². The van der Waals surface area contributed by atoms with Crippen molar-refractivity contribution in [3.8, 4) is 0 Å². The standard InChI is InChI=1S/C74H136O6/c1-4-7-10-13-16-18-20-22-24-26-28-30-32-33-34-35-36-37-38-39-40-41-43-44-46-48-50-52-54-56-58-61-64-67-73(76)79-70-71(69-78-72(75)66-63-60-15-12-9-6-3)80-74(77)68-65-62-59-57-55-53-51-49-47-45-42-31-29-27-25-23-21-19-17-14-11-8-5-2/h21,23,26-29,42,45,71H,4-20,22,24-25,30-41,43-44,46-70H2,1-3H3/b23-21-,28-26-,29-27-,45-42-. The first-order valence-corrected chi connectivity index (χ1v) is 35.6. The van der Waals surface area contributed by atoms with Gasteiger partial charge in [0.1, 0.15) is 13.2 Å². The summed E-state index contributed by atoms with van der Waals surface area (Å²) in [6.07, 6.45) is 87.7. The SMILES string of the molecule is CCCCCCC/C=C\C/C=C\C/C=C\CCCCCCCCCCC(=O)OC(COC(=O)CCCCCCCC)COC(=O)CCCCCCCCCCCCCCCCCCCCCCC/C=C\CCCCCCCCCC. The number of allylic oxidation sites excluding steroid dienone is 8. The Labute approximate surface area is 498 Å². The Hall–Kier alpha value is -2.63. The molecule has 0 heterocycles. The van der Waals surface area contributed by atoms with E-state index in [4.69, 9.17) is 14.2 Å². The molecule has 0 spiro atoms. The molecule has 0 bridgehead atoms. The van der Waals surface area contributed by atoms with Gasteiger partial charge < -0.3 is 14.2 Å². The van der Waals surface area contributed by atoms with Crippen LogP contribution in [0.5, 0.6) is 0 Å². The monoisotopic (exact) mass is 1120 g/mol. The van der Waals surface area contributed by atoms with Crippen molar-refractivity contribution in [1.82, 2.24) is 0 Å². The molecule has 0 radical (unpaired) electrons. The van der Waals surface area contributed by atoms with Crippen molar-refractivity contribution in [3.63, 3.8) is 0 Å². The van der Waals surface area contributed by atoms with E-state index in [1.807, 2.05) is 0 Å². The molecule has 0 amide bonds. The molecule has 6 heteroatoms. The molecule has 0 aliphatic heterocycles. The molecular formula is C74H136O6. The minimum Gasteiger partial charge on any atom is -0.462 e. The van der Waals surface area contributed by atoms with E-state index < -0.39 is 6.10 Å². The Kier molecular flexibility index (Phi) is 66.6. The Morgan fingerprint density at radius 3 is 0.713 bits per heavy atom. The predicted molar refractivity (Wildman–Crippen MR) is 349 cm³/mol. The van der Waals surface area contributed by atoms with Gasteiger partial charge >= 0.3 is 17.9 Å². The van der Waals surface area contributed by atoms with Crippen LogP contribution in [-0.4, -0.2) is 37.2 Å². The lowest BCUT2D eigenvalue weighted by Gasteiger charge is -2.18. The zero-order valence-corrected chi connectivity index (χ0v) is 53.9. The molecule has 0 saturated heterocycles. The Morgan fingerprint density at radius 1 is 0.250 bits per heavy atom. The lowest BCUT2D eigenvalue weighted by Crippen LogP contribution is -2.30. The largest absolute Gasteiger partial charge is 0.462 e. The average molecular weight is 1120 g/mol. The molecule has 0 aliphatic rings. The highest BCUT2D eigenvalue weighted by atomic mass is 16.6. The predicted octanol–water partition coefficient (Wildman–Crippen LogP) is 24.5. The van der Waals surface area contributed by atoms with Crippen molar-refractivity contribution in [2.75, 3.05) is 13.2 Å². The number of esters is 3. The van der Waals surface area contributed by atoms with Gasteiger partial charge in [-0.2, -0.15) is 0 Å². The van der Waals surface area contributed by atoms with E-state index in [1.165, 1.54) is 270 Å². The lowest BCUT2D eigenvalue weighted by molar-refractivity contribution is -0.167. The summed E-state index contributed by atoms with van der Waals surface area (Å²) in [5.74, 6) is -0.868. The van der Waals surface area contributed by atoms with Crippen molar-refractivity contribution < 1.29 is 28.6 Å². The topological polar surface area (TPSA) is 78.9 Å². The molecule has 0 aromatic carbocycles. The van der Waals surface area contributed by atoms with E-state index in [2.05, 4.69) is 69.4 Å². The molecule has 80 heavy (non-hydrogen) atoms. The zero-order valence-electron chi connectivity index (χ0n) is 53.9. The first-order chi connectivity index (χ1) is 39.5. The molecule has 0 rings (SSSR count). The van der Waals surface area contributed by atoms with Crippen LogP contribution >= 0.6 is 0 Å². The summed E-state index contributed by atoms with van der Waals surface area (Å²) in [7, 11) is 0. The van der Waals surface area contributed by atoms with Gasteiger partial charge in [0.05, 0.1) is 0 Å². The minimum atomic E-state index is -0.773. The molecule has 0 fully saturated rings. The van der Waals surface area contributed by atoms with Gasteiger partial charge in [0.15, 0.2) is 6.10 Å². The first kappa shape index (κ1) is 77.4. The Bertz CT molecular complexity index is 1380. The third kappa shape index (κ3) is 66.2. The lowest BCUT2D eigenvalue weighted by atomic mass is 10.0.